The fourth-order valence-corrected chi connectivity index (χ4v) is 5.66. The Kier molecular flexibility index (Phi) is 8.36. The second kappa shape index (κ2) is 12.3. The molecule has 0 N–H and O–H groups in total. The first-order valence-electron chi connectivity index (χ1n) is 13.3. The molecule has 1 aliphatic heterocycles. The lowest BCUT2D eigenvalue weighted by atomic mass is 10.2. The number of aromatic nitrogens is 1. The molecule has 204 valence electrons. The van der Waals surface area contributed by atoms with Crippen molar-refractivity contribution in [3.63, 3.8) is 0 Å². The highest BCUT2D eigenvalue weighted by molar-refractivity contribution is 7.12. The number of furan rings is 1. The topological polar surface area (TPSA) is 71.2 Å². The standard InChI is InChI=1S/C30H34N4O4S/c1-3-14-34(30(36)28-11-7-20-39-28)21-23-8-6-15-33(23)22-24-12-13-27(38-24)29(35)32-18-16-31(17-19-32)25-9-4-5-10-26(25)37-2/h4-13,15,20H,3,14,16-19,21-22H2,1-2H3. The molecule has 0 saturated carbocycles. The van der Waals surface area contributed by atoms with Gasteiger partial charge in [-0.15, -0.1) is 11.3 Å². The number of methoxy groups -OCH3 is 1. The number of piperazine rings is 1. The first kappa shape index (κ1) is 26.6. The number of thiophene rings is 1. The molecule has 1 fully saturated rings. The van der Waals surface area contributed by atoms with Gasteiger partial charge in [-0.2, -0.15) is 0 Å². The maximum atomic E-state index is 13.2. The van der Waals surface area contributed by atoms with E-state index < -0.39 is 0 Å². The molecule has 0 spiro atoms. The van der Waals surface area contributed by atoms with Gasteiger partial charge in [0.25, 0.3) is 11.8 Å². The van der Waals surface area contributed by atoms with Crippen molar-refractivity contribution in [2.45, 2.75) is 26.4 Å². The van der Waals surface area contributed by atoms with Crippen molar-refractivity contribution in [2.24, 2.45) is 0 Å². The van der Waals surface area contributed by atoms with Crippen molar-refractivity contribution in [2.75, 3.05) is 44.7 Å². The summed E-state index contributed by atoms with van der Waals surface area (Å²) in [6, 6.07) is 19.4. The van der Waals surface area contributed by atoms with Gasteiger partial charge in [0.15, 0.2) is 5.76 Å². The average molecular weight is 547 g/mol. The van der Waals surface area contributed by atoms with E-state index in [0.717, 1.165) is 41.5 Å². The van der Waals surface area contributed by atoms with Crippen molar-refractivity contribution >= 4 is 28.8 Å². The quantitative estimate of drug-likeness (QED) is 0.273. The van der Waals surface area contributed by atoms with E-state index in [1.807, 2.05) is 76.0 Å². The van der Waals surface area contributed by atoms with Gasteiger partial charge in [-0.1, -0.05) is 25.1 Å². The highest BCUT2D eigenvalue weighted by atomic mass is 32.1. The zero-order valence-electron chi connectivity index (χ0n) is 22.4. The summed E-state index contributed by atoms with van der Waals surface area (Å²) in [6.45, 7) is 6.44. The molecule has 5 rings (SSSR count). The van der Waals surface area contributed by atoms with E-state index in [4.69, 9.17) is 9.15 Å². The number of carbonyl (C=O) groups excluding carboxylic acids is 2. The first-order chi connectivity index (χ1) is 19.1. The van der Waals surface area contributed by atoms with Crippen LogP contribution in [0.1, 0.15) is 45.0 Å². The van der Waals surface area contributed by atoms with E-state index >= 15 is 0 Å². The summed E-state index contributed by atoms with van der Waals surface area (Å²) in [5.74, 6) is 1.85. The third-order valence-corrected chi connectivity index (χ3v) is 7.84. The molecule has 4 heterocycles. The van der Waals surface area contributed by atoms with Gasteiger partial charge in [-0.05, 0) is 54.3 Å². The summed E-state index contributed by atoms with van der Waals surface area (Å²) in [6.07, 6.45) is 2.87. The Morgan fingerprint density at radius 3 is 2.56 bits per heavy atom. The predicted octanol–water partition coefficient (Wildman–Crippen LogP) is 5.21. The van der Waals surface area contributed by atoms with Crippen LogP contribution in [-0.2, 0) is 13.1 Å². The molecule has 1 aliphatic rings. The molecule has 39 heavy (non-hydrogen) atoms. The molecule has 1 aromatic carbocycles. The average Bonchev–Trinajstić information content (AvgIpc) is 3.76. The maximum absolute atomic E-state index is 13.2. The second-order valence-electron chi connectivity index (χ2n) is 9.55. The molecule has 2 amide bonds. The number of nitrogens with zero attached hydrogens (tertiary/aromatic N) is 4. The number of carbonyl (C=O) groups is 2. The monoisotopic (exact) mass is 546 g/mol. The van der Waals surface area contributed by atoms with Gasteiger partial charge in [0.05, 0.1) is 30.8 Å². The van der Waals surface area contributed by atoms with Gasteiger partial charge in [-0.3, -0.25) is 9.59 Å². The fraction of sp³-hybridized carbons (Fsp3) is 0.333. The lowest BCUT2D eigenvalue weighted by Gasteiger charge is -2.36. The Morgan fingerprint density at radius 2 is 1.82 bits per heavy atom. The molecule has 1 saturated heterocycles. The number of hydrogen-bond acceptors (Lipinski definition) is 6. The van der Waals surface area contributed by atoms with Gasteiger partial charge in [0.1, 0.15) is 11.5 Å². The molecule has 0 unspecified atom stereocenters. The third-order valence-electron chi connectivity index (χ3n) is 6.98. The molecule has 9 heteroatoms. The number of benzene rings is 1. The Hall–Kier alpha value is -3.98. The molecule has 4 aromatic rings. The Morgan fingerprint density at radius 1 is 1.00 bits per heavy atom. The van der Waals surface area contributed by atoms with Gasteiger partial charge in [-0.25, -0.2) is 0 Å². The minimum atomic E-state index is -0.0932. The summed E-state index contributed by atoms with van der Waals surface area (Å²) in [5, 5.41) is 1.93. The highest BCUT2D eigenvalue weighted by Gasteiger charge is 2.26. The smallest absolute Gasteiger partial charge is 0.289 e. The number of rotatable bonds is 10. The van der Waals surface area contributed by atoms with E-state index in [1.165, 1.54) is 11.3 Å². The number of anilines is 1. The number of ether oxygens (including phenoxy) is 1. The lowest BCUT2D eigenvalue weighted by Crippen LogP contribution is -2.48. The lowest BCUT2D eigenvalue weighted by molar-refractivity contribution is 0.0710. The highest BCUT2D eigenvalue weighted by Crippen LogP contribution is 2.28. The van der Waals surface area contributed by atoms with Crippen LogP contribution in [0, 0.1) is 0 Å². The van der Waals surface area contributed by atoms with Gasteiger partial charge >= 0.3 is 0 Å². The van der Waals surface area contributed by atoms with Crippen molar-refractivity contribution in [1.29, 1.82) is 0 Å². The Bertz CT molecular complexity index is 1390. The van der Waals surface area contributed by atoms with Crippen LogP contribution in [0.25, 0.3) is 0 Å². The van der Waals surface area contributed by atoms with Crippen LogP contribution in [0.15, 0.2) is 76.7 Å². The minimum Gasteiger partial charge on any atom is -0.495 e. The van der Waals surface area contributed by atoms with Crippen molar-refractivity contribution in [3.05, 3.63) is 94.3 Å². The zero-order chi connectivity index (χ0) is 27.2. The van der Waals surface area contributed by atoms with Crippen LogP contribution in [0.5, 0.6) is 5.75 Å². The first-order valence-corrected chi connectivity index (χ1v) is 14.2. The molecular weight excluding hydrogens is 512 g/mol. The van der Waals surface area contributed by atoms with Crippen LogP contribution in [0.2, 0.25) is 0 Å². The summed E-state index contributed by atoms with van der Waals surface area (Å²) in [7, 11) is 1.68. The zero-order valence-corrected chi connectivity index (χ0v) is 23.2. The minimum absolute atomic E-state index is 0.0521. The summed E-state index contributed by atoms with van der Waals surface area (Å²) < 4.78 is 13.6. The largest absolute Gasteiger partial charge is 0.495 e. The van der Waals surface area contributed by atoms with Gasteiger partial charge < -0.3 is 28.4 Å². The van der Waals surface area contributed by atoms with Crippen molar-refractivity contribution in [3.8, 4) is 5.75 Å². The van der Waals surface area contributed by atoms with Crippen molar-refractivity contribution in [1.82, 2.24) is 14.4 Å². The van der Waals surface area contributed by atoms with Gasteiger partial charge in [0.2, 0.25) is 0 Å². The van der Waals surface area contributed by atoms with Crippen LogP contribution in [0.3, 0.4) is 0 Å². The van der Waals surface area contributed by atoms with Gasteiger partial charge in [0, 0.05) is 44.6 Å². The predicted molar refractivity (Wildman–Crippen MR) is 153 cm³/mol. The van der Waals surface area contributed by atoms with E-state index in [1.54, 1.807) is 13.2 Å². The van der Waals surface area contributed by atoms with E-state index in [-0.39, 0.29) is 11.8 Å². The van der Waals surface area contributed by atoms with E-state index in [9.17, 15) is 9.59 Å². The molecule has 0 aliphatic carbocycles. The maximum Gasteiger partial charge on any atom is 0.289 e. The molecule has 0 radical (unpaired) electrons. The van der Waals surface area contributed by atoms with Crippen LogP contribution in [-0.4, -0.2) is 66.0 Å². The number of hydrogen-bond donors (Lipinski definition) is 0. The molecule has 0 atom stereocenters. The molecular formula is C30H34N4O4S. The van der Waals surface area contributed by atoms with E-state index in [2.05, 4.69) is 16.4 Å². The normalized spacial score (nSPS) is 13.5. The molecule has 8 nitrogen and oxygen atoms in total. The second-order valence-corrected chi connectivity index (χ2v) is 10.5. The van der Waals surface area contributed by atoms with Crippen molar-refractivity contribution < 1.29 is 18.7 Å². The molecule has 3 aromatic heterocycles. The SMILES string of the molecule is CCCN(Cc1cccn1Cc1ccc(C(=O)N2CCN(c3ccccc3OC)CC2)o1)C(=O)c1cccs1. The number of amides is 2. The van der Waals surface area contributed by atoms with Crippen LogP contribution < -0.4 is 9.64 Å². The Balaban J connectivity index is 1.20. The summed E-state index contributed by atoms with van der Waals surface area (Å²) in [5.41, 5.74) is 2.06. The molecule has 0 bridgehead atoms. The summed E-state index contributed by atoms with van der Waals surface area (Å²) >= 11 is 1.47. The third kappa shape index (κ3) is 6.04. The van der Waals surface area contributed by atoms with Crippen LogP contribution >= 0.6 is 11.3 Å². The van der Waals surface area contributed by atoms with Crippen LogP contribution in [0.4, 0.5) is 5.69 Å². The number of para-hydroxylation sites is 2. The fourth-order valence-electron chi connectivity index (χ4n) is 4.96. The Labute approximate surface area is 233 Å². The summed E-state index contributed by atoms with van der Waals surface area (Å²) in [4.78, 5) is 32.9. The van der Waals surface area contributed by atoms with E-state index in [0.29, 0.717) is 44.2 Å².